The normalized spacial score (nSPS) is 16.1. The molecular formula is C17H17N5O4S. The van der Waals surface area contributed by atoms with Crippen molar-refractivity contribution in [1.29, 1.82) is 0 Å². The van der Waals surface area contributed by atoms with Crippen LogP contribution >= 0.6 is 0 Å². The summed E-state index contributed by atoms with van der Waals surface area (Å²) in [4.78, 5) is 0.258. The molecule has 0 atom stereocenters. The SMILES string of the molecule is O=S(=O)(c1ccc(-c2ccc(/C=N\n3cnnc3)o2)cc1)N1CCOCC1. The molecule has 1 fully saturated rings. The van der Waals surface area contributed by atoms with Crippen LogP contribution in [-0.4, -0.2) is 60.1 Å². The first-order valence-electron chi connectivity index (χ1n) is 8.30. The van der Waals surface area contributed by atoms with Gasteiger partial charge in [-0.05, 0) is 36.4 Å². The first-order valence-corrected chi connectivity index (χ1v) is 9.74. The Labute approximate surface area is 155 Å². The van der Waals surface area contributed by atoms with Gasteiger partial charge < -0.3 is 9.15 Å². The van der Waals surface area contributed by atoms with Crippen molar-refractivity contribution in [3.8, 4) is 11.3 Å². The molecule has 140 valence electrons. The molecule has 0 saturated carbocycles. The topological polar surface area (TPSA) is 103 Å². The third kappa shape index (κ3) is 3.82. The summed E-state index contributed by atoms with van der Waals surface area (Å²) < 4.78 is 39.1. The molecule has 0 aliphatic carbocycles. The van der Waals surface area contributed by atoms with Crippen LogP contribution in [0.5, 0.6) is 0 Å². The van der Waals surface area contributed by atoms with Crippen LogP contribution in [0.1, 0.15) is 5.76 Å². The minimum absolute atomic E-state index is 0.258. The van der Waals surface area contributed by atoms with Gasteiger partial charge in [0.15, 0.2) is 0 Å². The van der Waals surface area contributed by atoms with E-state index in [9.17, 15) is 8.42 Å². The standard InChI is InChI=1S/C17H17N5O4S/c23-27(24,22-7-9-25-10-8-22)16-4-1-14(2-5-16)17-6-3-15(26-17)11-20-21-12-18-19-13-21/h1-6,11-13H,7-10H2/b20-11-. The predicted octanol–water partition coefficient (Wildman–Crippen LogP) is 1.44. The van der Waals surface area contributed by atoms with E-state index in [1.807, 2.05) is 0 Å². The van der Waals surface area contributed by atoms with Crippen LogP contribution in [0.15, 0.2) is 63.5 Å². The van der Waals surface area contributed by atoms with E-state index in [0.29, 0.717) is 37.8 Å². The van der Waals surface area contributed by atoms with Crippen molar-refractivity contribution < 1.29 is 17.6 Å². The monoisotopic (exact) mass is 387 g/mol. The fraction of sp³-hybridized carbons (Fsp3) is 0.235. The fourth-order valence-corrected chi connectivity index (χ4v) is 4.09. The van der Waals surface area contributed by atoms with Gasteiger partial charge in [-0.2, -0.15) is 9.41 Å². The summed E-state index contributed by atoms with van der Waals surface area (Å²) in [6.45, 7) is 1.58. The van der Waals surface area contributed by atoms with Crippen molar-refractivity contribution in [3.63, 3.8) is 0 Å². The number of hydrogen-bond donors (Lipinski definition) is 0. The summed E-state index contributed by atoms with van der Waals surface area (Å²) >= 11 is 0. The smallest absolute Gasteiger partial charge is 0.243 e. The third-order valence-corrected chi connectivity index (χ3v) is 6.01. The lowest BCUT2D eigenvalue weighted by Crippen LogP contribution is -2.40. The van der Waals surface area contributed by atoms with Gasteiger partial charge in [-0.25, -0.2) is 13.1 Å². The van der Waals surface area contributed by atoms with E-state index in [1.54, 1.807) is 42.6 Å². The van der Waals surface area contributed by atoms with E-state index in [2.05, 4.69) is 15.3 Å². The molecule has 3 heterocycles. The lowest BCUT2D eigenvalue weighted by molar-refractivity contribution is 0.0730. The molecule has 4 rings (SSSR count). The Bertz CT molecular complexity index is 1020. The minimum Gasteiger partial charge on any atom is -0.455 e. The van der Waals surface area contributed by atoms with E-state index < -0.39 is 10.0 Å². The second kappa shape index (κ2) is 7.43. The number of furan rings is 1. The Balaban J connectivity index is 1.51. The summed E-state index contributed by atoms with van der Waals surface area (Å²) in [5, 5.41) is 11.4. The molecule has 1 aliphatic heterocycles. The van der Waals surface area contributed by atoms with Crippen molar-refractivity contribution in [3.05, 3.63) is 54.8 Å². The van der Waals surface area contributed by atoms with E-state index in [1.165, 1.54) is 21.6 Å². The molecule has 0 bridgehead atoms. The summed E-state index contributed by atoms with van der Waals surface area (Å²) in [7, 11) is -3.50. The average molecular weight is 387 g/mol. The molecule has 0 unspecified atom stereocenters. The second-order valence-corrected chi connectivity index (χ2v) is 7.77. The van der Waals surface area contributed by atoms with Gasteiger partial charge in [0.25, 0.3) is 0 Å². The quantitative estimate of drug-likeness (QED) is 0.614. The molecule has 27 heavy (non-hydrogen) atoms. The molecule has 1 saturated heterocycles. The molecule has 1 aromatic carbocycles. The minimum atomic E-state index is -3.50. The van der Waals surface area contributed by atoms with Crippen molar-refractivity contribution in [2.24, 2.45) is 5.10 Å². The molecule has 3 aromatic rings. The highest BCUT2D eigenvalue weighted by molar-refractivity contribution is 7.89. The number of hydrogen-bond acceptors (Lipinski definition) is 7. The predicted molar refractivity (Wildman–Crippen MR) is 96.7 cm³/mol. The molecule has 0 radical (unpaired) electrons. The Hall–Kier alpha value is -2.82. The van der Waals surface area contributed by atoms with Crippen LogP contribution in [0, 0.1) is 0 Å². The van der Waals surface area contributed by atoms with E-state index >= 15 is 0 Å². The summed E-state index contributed by atoms with van der Waals surface area (Å²) in [5.74, 6) is 1.18. The maximum Gasteiger partial charge on any atom is 0.243 e. The van der Waals surface area contributed by atoms with E-state index in [0.717, 1.165) is 5.56 Å². The van der Waals surface area contributed by atoms with Crippen molar-refractivity contribution in [2.45, 2.75) is 4.90 Å². The number of aromatic nitrogens is 3. The maximum absolute atomic E-state index is 12.7. The number of morpholine rings is 1. The number of sulfonamides is 1. The Morgan fingerprint density at radius 1 is 1.00 bits per heavy atom. The van der Waals surface area contributed by atoms with Crippen LogP contribution < -0.4 is 0 Å². The van der Waals surface area contributed by atoms with Gasteiger partial charge in [-0.1, -0.05) is 0 Å². The van der Waals surface area contributed by atoms with Crippen molar-refractivity contribution in [1.82, 2.24) is 19.2 Å². The average Bonchev–Trinajstić information content (AvgIpc) is 3.39. The molecule has 0 amide bonds. The van der Waals surface area contributed by atoms with Crippen LogP contribution in [0.25, 0.3) is 11.3 Å². The number of rotatable bonds is 5. The first kappa shape index (κ1) is 17.6. The van der Waals surface area contributed by atoms with Gasteiger partial charge in [0.2, 0.25) is 10.0 Å². The van der Waals surface area contributed by atoms with Crippen molar-refractivity contribution in [2.75, 3.05) is 26.3 Å². The summed E-state index contributed by atoms with van der Waals surface area (Å²) in [5.41, 5.74) is 0.778. The Morgan fingerprint density at radius 3 is 2.41 bits per heavy atom. The summed E-state index contributed by atoms with van der Waals surface area (Å²) in [6, 6.07) is 10.2. The Kier molecular flexibility index (Phi) is 4.84. The second-order valence-electron chi connectivity index (χ2n) is 5.83. The van der Waals surface area contributed by atoms with Crippen molar-refractivity contribution >= 4 is 16.2 Å². The molecule has 9 nitrogen and oxygen atoms in total. The first-order chi connectivity index (χ1) is 13.1. The van der Waals surface area contributed by atoms with Gasteiger partial charge in [0, 0.05) is 18.7 Å². The van der Waals surface area contributed by atoms with Crippen LogP contribution in [0.2, 0.25) is 0 Å². The lowest BCUT2D eigenvalue weighted by atomic mass is 10.2. The number of nitrogens with zero attached hydrogens (tertiary/aromatic N) is 5. The van der Waals surface area contributed by atoms with Crippen LogP contribution in [0.3, 0.4) is 0 Å². The highest BCUT2D eigenvalue weighted by Crippen LogP contribution is 2.25. The van der Waals surface area contributed by atoms with E-state index in [-0.39, 0.29) is 4.90 Å². The van der Waals surface area contributed by atoms with Gasteiger partial charge >= 0.3 is 0 Å². The zero-order chi connectivity index (χ0) is 18.7. The maximum atomic E-state index is 12.7. The third-order valence-electron chi connectivity index (χ3n) is 4.10. The highest BCUT2D eigenvalue weighted by Gasteiger charge is 2.26. The molecule has 0 spiro atoms. The summed E-state index contributed by atoms with van der Waals surface area (Å²) in [6.07, 6.45) is 4.48. The highest BCUT2D eigenvalue weighted by atomic mass is 32.2. The molecule has 1 aliphatic rings. The zero-order valence-corrected chi connectivity index (χ0v) is 15.1. The van der Waals surface area contributed by atoms with Gasteiger partial charge in [0.05, 0.1) is 24.3 Å². The Morgan fingerprint density at radius 2 is 1.70 bits per heavy atom. The number of benzene rings is 1. The van der Waals surface area contributed by atoms with Gasteiger partial charge in [0.1, 0.15) is 24.2 Å². The molecule has 10 heteroatoms. The molecular weight excluding hydrogens is 370 g/mol. The van der Waals surface area contributed by atoms with Crippen LogP contribution in [-0.2, 0) is 14.8 Å². The van der Waals surface area contributed by atoms with Gasteiger partial charge in [-0.3, -0.25) is 0 Å². The molecule has 0 N–H and O–H groups in total. The molecule has 2 aromatic heterocycles. The zero-order valence-electron chi connectivity index (χ0n) is 14.3. The lowest BCUT2D eigenvalue weighted by Gasteiger charge is -2.26. The number of ether oxygens (including phenoxy) is 1. The van der Waals surface area contributed by atoms with Gasteiger partial charge in [-0.15, -0.1) is 10.2 Å². The fourth-order valence-electron chi connectivity index (χ4n) is 2.68. The largest absolute Gasteiger partial charge is 0.455 e. The van der Waals surface area contributed by atoms with E-state index in [4.69, 9.17) is 9.15 Å². The van der Waals surface area contributed by atoms with Crippen LogP contribution in [0.4, 0.5) is 0 Å².